The van der Waals surface area contributed by atoms with Gasteiger partial charge in [0.2, 0.25) is 0 Å². The van der Waals surface area contributed by atoms with Crippen LogP contribution in [0.1, 0.15) is 12.8 Å². The Bertz CT molecular complexity index is 456. The van der Waals surface area contributed by atoms with Gasteiger partial charge in [0.1, 0.15) is 11.0 Å². The van der Waals surface area contributed by atoms with Crippen LogP contribution in [-0.4, -0.2) is 20.3 Å². The fraction of sp³-hybridized carbons (Fsp3) is 0.400. The van der Waals surface area contributed by atoms with Crippen molar-refractivity contribution in [3.8, 4) is 0 Å². The standard InChI is InChI=1S/C10H10Br3N3/c11-5-1-2-6-16-14-9-7(12)3-4-8(13)10(9)15-16/h3-4H,1-2,5-6H2. The lowest BCUT2D eigenvalue weighted by Crippen LogP contribution is -2.02. The molecule has 6 heteroatoms. The van der Waals surface area contributed by atoms with Crippen molar-refractivity contribution in [3.05, 3.63) is 21.1 Å². The molecule has 3 nitrogen and oxygen atoms in total. The molecule has 16 heavy (non-hydrogen) atoms. The second kappa shape index (κ2) is 5.60. The lowest BCUT2D eigenvalue weighted by molar-refractivity contribution is 0.515. The van der Waals surface area contributed by atoms with Crippen LogP contribution in [0.4, 0.5) is 0 Å². The van der Waals surface area contributed by atoms with E-state index in [9.17, 15) is 0 Å². The minimum atomic E-state index is 0.860. The summed E-state index contributed by atoms with van der Waals surface area (Å²) in [6.07, 6.45) is 2.22. The van der Waals surface area contributed by atoms with E-state index in [1.807, 2.05) is 12.1 Å². The van der Waals surface area contributed by atoms with Crippen LogP contribution >= 0.6 is 47.8 Å². The first-order valence-corrected chi connectivity index (χ1v) is 7.68. The summed E-state index contributed by atoms with van der Waals surface area (Å²) in [5.74, 6) is 0. The highest BCUT2D eigenvalue weighted by atomic mass is 79.9. The number of unbranched alkanes of at least 4 members (excludes halogenated alkanes) is 1. The molecule has 0 atom stereocenters. The first kappa shape index (κ1) is 12.5. The minimum Gasteiger partial charge on any atom is -0.184 e. The highest BCUT2D eigenvalue weighted by Gasteiger charge is 2.09. The van der Waals surface area contributed by atoms with Crippen molar-refractivity contribution in [2.45, 2.75) is 19.4 Å². The number of rotatable bonds is 4. The third kappa shape index (κ3) is 2.65. The van der Waals surface area contributed by atoms with Crippen LogP contribution in [-0.2, 0) is 6.54 Å². The summed E-state index contributed by atoms with van der Waals surface area (Å²) in [4.78, 5) is 1.77. The average Bonchev–Trinajstić information content (AvgIpc) is 2.69. The van der Waals surface area contributed by atoms with Gasteiger partial charge in [-0.1, -0.05) is 15.9 Å². The molecule has 0 unspecified atom stereocenters. The molecule has 2 aromatic rings. The van der Waals surface area contributed by atoms with Crippen molar-refractivity contribution >= 4 is 58.8 Å². The van der Waals surface area contributed by atoms with Crippen LogP contribution in [0, 0.1) is 0 Å². The summed E-state index contributed by atoms with van der Waals surface area (Å²) >= 11 is 10.4. The van der Waals surface area contributed by atoms with Crippen LogP contribution in [0.5, 0.6) is 0 Å². The van der Waals surface area contributed by atoms with Gasteiger partial charge in [-0.2, -0.15) is 15.0 Å². The Morgan fingerprint density at radius 2 is 1.56 bits per heavy atom. The Morgan fingerprint density at radius 3 is 2.06 bits per heavy atom. The molecule has 0 saturated heterocycles. The van der Waals surface area contributed by atoms with Crippen molar-refractivity contribution < 1.29 is 0 Å². The van der Waals surface area contributed by atoms with E-state index in [-0.39, 0.29) is 0 Å². The summed E-state index contributed by atoms with van der Waals surface area (Å²) < 4.78 is 1.97. The fourth-order valence-electron chi connectivity index (χ4n) is 1.42. The smallest absolute Gasteiger partial charge is 0.128 e. The Labute approximate surface area is 119 Å². The maximum Gasteiger partial charge on any atom is 0.128 e. The van der Waals surface area contributed by atoms with E-state index in [4.69, 9.17) is 0 Å². The average molecular weight is 412 g/mol. The number of fused-ring (bicyclic) bond motifs is 1. The van der Waals surface area contributed by atoms with E-state index < -0.39 is 0 Å². The molecule has 0 aliphatic carbocycles. The number of nitrogens with zero attached hydrogens (tertiary/aromatic N) is 3. The summed E-state index contributed by atoms with van der Waals surface area (Å²) in [5.41, 5.74) is 1.82. The third-order valence-electron chi connectivity index (χ3n) is 2.23. The Morgan fingerprint density at radius 1 is 1.00 bits per heavy atom. The van der Waals surface area contributed by atoms with Gasteiger partial charge in [0.25, 0.3) is 0 Å². The van der Waals surface area contributed by atoms with E-state index in [0.717, 1.165) is 44.7 Å². The van der Waals surface area contributed by atoms with Crippen LogP contribution in [0.15, 0.2) is 21.1 Å². The van der Waals surface area contributed by atoms with Gasteiger partial charge in [-0.3, -0.25) is 0 Å². The molecule has 0 spiro atoms. The van der Waals surface area contributed by atoms with E-state index in [2.05, 4.69) is 58.0 Å². The Hall–Kier alpha value is 0.0600. The molecule has 0 saturated carbocycles. The van der Waals surface area contributed by atoms with Crippen LogP contribution in [0.25, 0.3) is 11.0 Å². The third-order valence-corrected chi connectivity index (χ3v) is 4.07. The largest absolute Gasteiger partial charge is 0.184 e. The molecule has 0 amide bonds. The van der Waals surface area contributed by atoms with E-state index in [1.165, 1.54) is 0 Å². The highest BCUT2D eigenvalue weighted by molar-refractivity contribution is 9.11. The number of hydrogen-bond donors (Lipinski definition) is 0. The number of halogens is 3. The van der Waals surface area contributed by atoms with Gasteiger partial charge in [0, 0.05) is 14.3 Å². The van der Waals surface area contributed by atoms with Gasteiger partial charge < -0.3 is 0 Å². The lowest BCUT2D eigenvalue weighted by atomic mass is 10.3. The minimum absolute atomic E-state index is 0.860. The molecule has 0 radical (unpaired) electrons. The van der Waals surface area contributed by atoms with Crippen molar-refractivity contribution in [2.75, 3.05) is 5.33 Å². The van der Waals surface area contributed by atoms with Gasteiger partial charge >= 0.3 is 0 Å². The molecule has 2 rings (SSSR count). The Kier molecular flexibility index (Phi) is 4.38. The van der Waals surface area contributed by atoms with Gasteiger partial charge in [-0.15, -0.1) is 0 Å². The summed E-state index contributed by atoms with van der Waals surface area (Å²) in [7, 11) is 0. The van der Waals surface area contributed by atoms with Crippen molar-refractivity contribution in [3.63, 3.8) is 0 Å². The quantitative estimate of drug-likeness (QED) is 0.559. The van der Waals surface area contributed by atoms with Crippen molar-refractivity contribution in [2.24, 2.45) is 0 Å². The van der Waals surface area contributed by atoms with E-state index in [1.54, 1.807) is 4.80 Å². The second-order valence-electron chi connectivity index (χ2n) is 3.42. The van der Waals surface area contributed by atoms with Gasteiger partial charge in [-0.25, -0.2) is 0 Å². The van der Waals surface area contributed by atoms with Crippen molar-refractivity contribution in [1.29, 1.82) is 0 Å². The molecule has 0 aliphatic heterocycles. The maximum atomic E-state index is 4.46. The van der Waals surface area contributed by atoms with Crippen LogP contribution in [0.2, 0.25) is 0 Å². The zero-order chi connectivity index (χ0) is 11.5. The first-order valence-electron chi connectivity index (χ1n) is 4.97. The molecule has 0 aliphatic rings. The van der Waals surface area contributed by atoms with Crippen molar-refractivity contribution in [1.82, 2.24) is 15.0 Å². The fourth-order valence-corrected chi connectivity index (χ4v) is 2.62. The normalized spacial score (nSPS) is 11.2. The first-order chi connectivity index (χ1) is 7.72. The van der Waals surface area contributed by atoms with E-state index >= 15 is 0 Å². The molecule has 0 N–H and O–H groups in total. The number of benzene rings is 1. The Balaban J connectivity index is 2.29. The molecule has 1 heterocycles. The number of aromatic nitrogens is 3. The predicted octanol–water partition coefficient (Wildman–Crippen LogP) is 4.13. The molecule has 1 aromatic carbocycles. The SMILES string of the molecule is BrCCCCn1nc2c(Br)ccc(Br)c2n1. The number of hydrogen-bond acceptors (Lipinski definition) is 2. The van der Waals surface area contributed by atoms with Gasteiger partial charge in [0.05, 0.1) is 6.54 Å². The molecular weight excluding hydrogens is 402 g/mol. The summed E-state index contributed by atoms with van der Waals surface area (Å²) in [5, 5.41) is 9.95. The lowest BCUT2D eigenvalue weighted by Gasteiger charge is -1.96. The number of aryl methyl sites for hydroxylation is 1. The number of alkyl halides is 1. The van der Waals surface area contributed by atoms with Crippen LogP contribution in [0.3, 0.4) is 0 Å². The van der Waals surface area contributed by atoms with E-state index in [0.29, 0.717) is 0 Å². The topological polar surface area (TPSA) is 30.7 Å². The highest BCUT2D eigenvalue weighted by Crippen LogP contribution is 2.27. The predicted molar refractivity (Wildman–Crippen MR) is 76.0 cm³/mol. The maximum absolute atomic E-state index is 4.46. The van der Waals surface area contributed by atoms with Gasteiger partial charge in [0.15, 0.2) is 0 Å². The molecule has 0 fully saturated rings. The zero-order valence-electron chi connectivity index (χ0n) is 8.46. The summed E-state index contributed by atoms with van der Waals surface area (Å²) in [6.45, 7) is 0.860. The van der Waals surface area contributed by atoms with Crippen LogP contribution < -0.4 is 0 Å². The molecule has 86 valence electrons. The van der Waals surface area contributed by atoms with Gasteiger partial charge in [-0.05, 0) is 56.8 Å². The zero-order valence-corrected chi connectivity index (χ0v) is 13.2. The molecular formula is C10H10Br3N3. The molecule has 1 aromatic heterocycles. The summed E-state index contributed by atoms with van der Waals surface area (Å²) in [6, 6.07) is 3.95. The second-order valence-corrected chi connectivity index (χ2v) is 5.92. The molecule has 0 bridgehead atoms. The monoisotopic (exact) mass is 409 g/mol.